The number of hydrogen-bond donors (Lipinski definition) is 1. The van der Waals surface area contributed by atoms with Crippen molar-refractivity contribution in [1.29, 1.82) is 0 Å². The van der Waals surface area contributed by atoms with E-state index in [-0.39, 0.29) is 30.6 Å². The minimum absolute atomic E-state index is 0.180. The number of hydrogen-bond acceptors (Lipinski definition) is 3. The lowest BCUT2D eigenvalue weighted by Crippen LogP contribution is -2.36. The fourth-order valence-electron chi connectivity index (χ4n) is 3.31. The molecule has 0 bridgehead atoms. The highest BCUT2D eigenvalue weighted by Gasteiger charge is 2.27. The van der Waals surface area contributed by atoms with Crippen molar-refractivity contribution in [3.63, 3.8) is 0 Å². The van der Waals surface area contributed by atoms with Crippen molar-refractivity contribution in [2.45, 2.75) is 20.3 Å². The predicted molar refractivity (Wildman–Crippen MR) is 97.5 cm³/mol. The van der Waals surface area contributed by atoms with Crippen LogP contribution in [0.15, 0.2) is 30.3 Å². The number of carbonyl (C=O) groups excluding carboxylic acids is 1. The Morgan fingerprint density at radius 2 is 1.92 bits per heavy atom. The highest BCUT2D eigenvalue weighted by atomic mass is 32.2. The largest absolute Gasteiger partial charge is 0.351 e. The standard InChI is InChI=1S/C18H22FN3O3S/c1-13-12-17(14(2)22(13)16-6-4-15(19)5-7-16)18(23)20-8-10-21-9-3-11-26(21,24)25/h4-7,12H,3,8-11H2,1-2H3,(H,20,23). The molecule has 1 N–H and O–H groups in total. The van der Waals surface area contributed by atoms with E-state index in [0.717, 1.165) is 17.1 Å². The smallest absolute Gasteiger partial charge is 0.253 e. The zero-order valence-electron chi connectivity index (χ0n) is 14.8. The summed E-state index contributed by atoms with van der Waals surface area (Å²) in [6.45, 7) is 4.76. The van der Waals surface area contributed by atoms with Gasteiger partial charge in [0.1, 0.15) is 5.82 Å². The van der Waals surface area contributed by atoms with E-state index in [0.29, 0.717) is 18.5 Å². The first-order valence-corrected chi connectivity index (χ1v) is 10.1. The molecule has 0 radical (unpaired) electrons. The fourth-order valence-corrected chi connectivity index (χ4v) is 4.84. The van der Waals surface area contributed by atoms with Crippen LogP contribution in [0.25, 0.3) is 5.69 Å². The van der Waals surface area contributed by atoms with E-state index in [1.165, 1.54) is 16.4 Å². The Kier molecular flexibility index (Phi) is 5.15. The summed E-state index contributed by atoms with van der Waals surface area (Å²) in [5.74, 6) is -0.381. The van der Waals surface area contributed by atoms with Crippen LogP contribution in [0.4, 0.5) is 4.39 Å². The molecule has 6 nitrogen and oxygen atoms in total. The molecule has 140 valence electrons. The SMILES string of the molecule is Cc1cc(C(=O)NCCN2CCCS2(=O)=O)c(C)n1-c1ccc(F)cc1. The maximum absolute atomic E-state index is 13.1. The molecule has 1 aliphatic heterocycles. The summed E-state index contributed by atoms with van der Waals surface area (Å²) in [6, 6.07) is 7.86. The second-order valence-corrected chi connectivity index (χ2v) is 8.51. The first-order valence-electron chi connectivity index (χ1n) is 8.50. The van der Waals surface area contributed by atoms with Gasteiger partial charge in [0.2, 0.25) is 10.0 Å². The van der Waals surface area contributed by atoms with E-state index in [1.807, 2.05) is 18.4 Å². The average molecular weight is 379 g/mol. The number of carbonyl (C=O) groups is 1. The van der Waals surface area contributed by atoms with E-state index in [2.05, 4.69) is 5.32 Å². The molecule has 0 aliphatic carbocycles. The third kappa shape index (κ3) is 3.66. The van der Waals surface area contributed by atoms with Crippen molar-refractivity contribution < 1.29 is 17.6 Å². The first kappa shape index (κ1) is 18.6. The average Bonchev–Trinajstić information content (AvgIpc) is 3.07. The Morgan fingerprint density at radius 1 is 1.23 bits per heavy atom. The molecule has 3 rings (SSSR count). The third-order valence-electron chi connectivity index (χ3n) is 4.61. The number of aryl methyl sites for hydroxylation is 1. The van der Waals surface area contributed by atoms with Gasteiger partial charge in [-0.15, -0.1) is 0 Å². The molecular formula is C18H22FN3O3S. The van der Waals surface area contributed by atoms with Crippen LogP contribution in [-0.4, -0.2) is 48.6 Å². The van der Waals surface area contributed by atoms with E-state index < -0.39 is 10.0 Å². The predicted octanol–water partition coefficient (Wildman–Crippen LogP) is 2.00. The maximum atomic E-state index is 13.1. The van der Waals surface area contributed by atoms with Crippen LogP contribution < -0.4 is 5.32 Å². The van der Waals surface area contributed by atoms with Gasteiger partial charge in [-0.25, -0.2) is 17.1 Å². The number of sulfonamides is 1. The van der Waals surface area contributed by atoms with Crippen LogP contribution in [0, 0.1) is 19.7 Å². The maximum Gasteiger partial charge on any atom is 0.253 e. The van der Waals surface area contributed by atoms with Gasteiger partial charge in [-0.3, -0.25) is 4.79 Å². The van der Waals surface area contributed by atoms with Crippen LogP contribution in [0.1, 0.15) is 28.2 Å². The molecule has 0 unspecified atom stereocenters. The van der Waals surface area contributed by atoms with Gasteiger partial charge >= 0.3 is 0 Å². The van der Waals surface area contributed by atoms with Crippen molar-refractivity contribution in [3.8, 4) is 5.69 Å². The molecule has 1 amide bonds. The summed E-state index contributed by atoms with van der Waals surface area (Å²) >= 11 is 0. The number of aromatic nitrogens is 1. The second-order valence-electron chi connectivity index (χ2n) is 6.42. The lowest BCUT2D eigenvalue weighted by molar-refractivity contribution is 0.0951. The van der Waals surface area contributed by atoms with Crippen molar-refractivity contribution in [2.24, 2.45) is 0 Å². The molecule has 0 spiro atoms. The molecule has 26 heavy (non-hydrogen) atoms. The van der Waals surface area contributed by atoms with Gasteiger partial charge in [-0.2, -0.15) is 0 Å². The minimum Gasteiger partial charge on any atom is -0.351 e. The quantitative estimate of drug-likeness (QED) is 0.864. The van der Waals surface area contributed by atoms with E-state index >= 15 is 0 Å². The Bertz CT molecular complexity index is 920. The van der Waals surface area contributed by atoms with Crippen LogP contribution >= 0.6 is 0 Å². The molecule has 1 aromatic heterocycles. The van der Waals surface area contributed by atoms with Gasteiger partial charge in [0.15, 0.2) is 0 Å². The number of benzene rings is 1. The zero-order valence-corrected chi connectivity index (χ0v) is 15.6. The molecular weight excluding hydrogens is 357 g/mol. The number of nitrogens with zero attached hydrogens (tertiary/aromatic N) is 2. The summed E-state index contributed by atoms with van der Waals surface area (Å²) in [7, 11) is -3.15. The summed E-state index contributed by atoms with van der Waals surface area (Å²) in [5.41, 5.74) is 2.92. The lowest BCUT2D eigenvalue weighted by Gasteiger charge is -2.14. The van der Waals surface area contributed by atoms with Gasteiger partial charge in [0.25, 0.3) is 5.91 Å². The summed E-state index contributed by atoms with van der Waals surface area (Å²) in [4.78, 5) is 12.5. The Morgan fingerprint density at radius 3 is 2.54 bits per heavy atom. The molecule has 1 aliphatic rings. The number of rotatable bonds is 5. The molecule has 2 heterocycles. The summed E-state index contributed by atoms with van der Waals surface area (Å²) in [6.07, 6.45) is 0.634. The van der Waals surface area contributed by atoms with Gasteiger partial charge in [0.05, 0.1) is 11.3 Å². The van der Waals surface area contributed by atoms with E-state index in [1.54, 1.807) is 18.2 Å². The summed E-state index contributed by atoms with van der Waals surface area (Å²) in [5, 5.41) is 2.79. The molecule has 0 saturated carbocycles. The summed E-state index contributed by atoms with van der Waals surface area (Å²) < 4.78 is 40.0. The molecule has 1 fully saturated rings. The molecule has 8 heteroatoms. The second kappa shape index (κ2) is 7.20. The van der Waals surface area contributed by atoms with Gasteiger partial charge in [-0.1, -0.05) is 0 Å². The lowest BCUT2D eigenvalue weighted by atomic mass is 10.2. The van der Waals surface area contributed by atoms with Crippen molar-refractivity contribution >= 4 is 15.9 Å². The Hall–Kier alpha value is -2.19. The monoisotopic (exact) mass is 379 g/mol. The number of halogens is 1. The van der Waals surface area contributed by atoms with Crippen LogP contribution in [0.3, 0.4) is 0 Å². The Labute approximate surface area is 152 Å². The topological polar surface area (TPSA) is 71.4 Å². The highest BCUT2D eigenvalue weighted by Crippen LogP contribution is 2.21. The van der Waals surface area contributed by atoms with Crippen molar-refractivity contribution in [2.75, 3.05) is 25.4 Å². The van der Waals surface area contributed by atoms with Crippen molar-refractivity contribution in [3.05, 3.63) is 53.1 Å². The molecule has 2 aromatic rings. The van der Waals surface area contributed by atoms with E-state index in [4.69, 9.17) is 0 Å². The van der Waals surface area contributed by atoms with Gasteiger partial charge in [0, 0.05) is 36.7 Å². The van der Waals surface area contributed by atoms with Crippen LogP contribution in [0.2, 0.25) is 0 Å². The van der Waals surface area contributed by atoms with E-state index in [9.17, 15) is 17.6 Å². The van der Waals surface area contributed by atoms with Crippen LogP contribution in [0.5, 0.6) is 0 Å². The number of nitrogens with one attached hydrogen (secondary N) is 1. The fraction of sp³-hybridized carbons (Fsp3) is 0.389. The Balaban J connectivity index is 1.70. The molecule has 1 aromatic carbocycles. The molecule has 1 saturated heterocycles. The minimum atomic E-state index is -3.15. The third-order valence-corrected chi connectivity index (χ3v) is 6.57. The van der Waals surface area contributed by atoms with Crippen molar-refractivity contribution in [1.82, 2.24) is 14.2 Å². The number of amides is 1. The first-order chi connectivity index (χ1) is 12.3. The normalized spacial score (nSPS) is 16.7. The van der Waals surface area contributed by atoms with Gasteiger partial charge < -0.3 is 9.88 Å². The van der Waals surface area contributed by atoms with Crippen LogP contribution in [-0.2, 0) is 10.0 Å². The highest BCUT2D eigenvalue weighted by molar-refractivity contribution is 7.89. The zero-order chi connectivity index (χ0) is 18.9. The molecule has 0 atom stereocenters. The van der Waals surface area contributed by atoms with Gasteiger partial charge in [-0.05, 0) is 50.6 Å².